The summed E-state index contributed by atoms with van der Waals surface area (Å²) >= 11 is 2.02. The fraction of sp³-hybridized carbons (Fsp3) is 0.882. The number of rotatable bonds is 6. The van der Waals surface area contributed by atoms with Gasteiger partial charge in [0.15, 0.2) is 5.96 Å². The fourth-order valence-corrected chi connectivity index (χ4v) is 3.73. The minimum absolute atomic E-state index is 0.274. The van der Waals surface area contributed by atoms with Crippen LogP contribution in [0.2, 0.25) is 0 Å². The molecule has 0 radical (unpaired) electrons. The van der Waals surface area contributed by atoms with Crippen LogP contribution in [-0.2, 0) is 4.74 Å². The molecule has 1 saturated heterocycles. The number of guanidine groups is 1. The van der Waals surface area contributed by atoms with E-state index >= 15 is 0 Å². The van der Waals surface area contributed by atoms with Gasteiger partial charge >= 0.3 is 6.09 Å². The molecule has 0 aromatic rings. The van der Waals surface area contributed by atoms with Gasteiger partial charge in [0.25, 0.3) is 0 Å². The lowest BCUT2D eigenvalue weighted by atomic mass is 10.1. The molecule has 1 atom stereocenters. The van der Waals surface area contributed by atoms with E-state index in [0.717, 1.165) is 12.5 Å². The number of aliphatic imine (C=N–C) groups is 1. The molecule has 140 valence electrons. The van der Waals surface area contributed by atoms with Crippen molar-refractivity contribution in [2.75, 3.05) is 39.0 Å². The van der Waals surface area contributed by atoms with Crippen LogP contribution in [0.25, 0.3) is 0 Å². The monoisotopic (exact) mass is 358 g/mol. The normalized spacial score (nSPS) is 21.5. The maximum Gasteiger partial charge on any atom is 0.410 e. The maximum atomic E-state index is 12.1. The SMILES string of the molecule is CCN(CCNC(=NC)NCC1(C)CCCS1)C(=O)OC(C)(C)C. The van der Waals surface area contributed by atoms with E-state index in [-0.39, 0.29) is 6.09 Å². The van der Waals surface area contributed by atoms with Crippen molar-refractivity contribution in [3.8, 4) is 0 Å². The predicted molar refractivity (Wildman–Crippen MR) is 103 cm³/mol. The molecule has 0 saturated carbocycles. The summed E-state index contributed by atoms with van der Waals surface area (Å²) in [5, 5.41) is 6.67. The standard InChI is InChI=1S/C17H34N4O2S/c1-7-21(15(22)23-16(2,3)4)11-10-19-14(18-6)20-13-17(5)9-8-12-24-17/h7-13H2,1-6H3,(H2,18,19,20). The minimum Gasteiger partial charge on any atom is -0.444 e. The number of hydrogen-bond acceptors (Lipinski definition) is 4. The van der Waals surface area contributed by atoms with Crippen molar-refractivity contribution < 1.29 is 9.53 Å². The Morgan fingerprint density at radius 1 is 1.38 bits per heavy atom. The Labute approximate surface area is 151 Å². The molecule has 1 aliphatic heterocycles. The molecular weight excluding hydrogens is 324 g/mol. The second-order valence-corrected chi connectivity index (χ2v) is 9.00. The Balaban J connectivity index is 2.35. The van der Waals surface area contributed by atoms with Crippen LogP contribution in [0.4, 0.5) is 4.79 Å². The predicted octanol–water partition coefficient (Wildman–Crippen LogP) is 2.69. The molecule has 0 aromatic carbocycles. The van der Waals surface area contributed by atoms with Crippen molar-refractivity contribution in [2.45, 2.75) is 57.8 Å². The summed E-state index contributed by atoms with van der Waals surface area (Å²) < 4.78 is 5.71. The first-order valence-corrected chi connectivity index (χ1v) is 9.74. The lowest BCUT2D eigenvalue weighted by Crippen LogP contribution is -2.46. The molecule has 0 aliphatic carbocycles. The molecule has 0 bridgehead atoms. The van der Waals surface area contributed by atoms with E-state index in [0.29, 0.717) is 24.4 Å². The van der Waals surface area contributed by atoms with Crippen LogP contribution in [0, 0.1) is 0 Å². The van der Waals surface area contributed by atoms with Crippen LogP contribution in [-0.4, -0.2) is 66.3 Å². The maximum absolute atomic E-state index is 12.1. The first kappa shape index (κ1) is 20.9. The summed E-state index contributed by atoms with van der Waals surface area (Å²) in [5.74, 6) is 2.02. The highest BCUT2D eigenvalue weighted by atomic mass is 32.2. The molecular formula is C17H34N4O2S. The first-order chi connectivity index (χ1) is 11.2. The van der Waals surface area contributed by atoms with Crippen molar-refractivity contribution in [3.63, 3.8) is 0 Å². The highest BCUT2D eigenvalue weighted by Crippen LogP contribution is 2.36. The Kier molecular flexibility index (Phi) is 8.19. The summed E-state index contributed by atoms with van der Waals surface area (Å²) in [7, 11) is 1.77. The second kappa shape index (κ2) is 9.39. The van der Waals surface area contributed by atoms with Crippen LogP contribution in [0.1, 0.15) is 47.5 Å². The van der Waals surface area contributed by atoms with Crippen molar-refractivity contribution in [1.82, 2.24) is 15.5 Å². The van der Waals surface area contributed by atoms with E-state index in [1.54, 1.807) is 11.9 Å². The zero-order valence-corrected chi connectivity index (χ0v) is 16.9. The third kappa shape index (κ3) is 7.64. The van der Waals surface area contributed by atoms with Crippen LogP contribution in [0.15, 0.2) is 4.99 Å². The topological polar surface area (TPSA) is 66.0 Å². The van der Waals surface area contributed by atoms with Crippen LogP contribution >= 0.6 is 11.8 Å². The Morgan fingerprint density at radius 2 is 2.08 bits per heavy atom. The van der Waals surface area contributed by atoms with E-state index < -0.39 is 5.60 Å². The molecule has 1 fully saturated rings. The van der Waals surface area contributed by atoms with E-state index in [4.69, 9.17) is 4.74 Å². The number of hydrogen-bond donors (Lipinski definition) is 2. The van der Waals surface area contributed by atoms with E-state index in [1.807, 2.05) is 39.5 Å². The van der Waals surface area contributed by atoms with Gasteiger partial charge in [0.05, 0.1) is 0 Å². The summed E-state index contributed by atoms with van der Waals surface area (Å²) in [4.78, 5) is 18.1. The third-order valence-corrected chi connectivity index (χ3v) is 5.40. The Hall–Kier alpha value is -1.11. The first-order valence-electron chi connectivity index (χ1n) is 8.75. The molecule has 0 aromatic heterocycles. The molecule has 1 rings (SSSR count). The largest absolute Gasteiger partial charge is 0.444 e. The van der Waals surface area contributed by atoms with Gasteiger partial charge in [-0.15, -0.1) is 0 Å². The fourth-order valence-electron chi connectivity index (χ4n) is 2.48. The van der Waals surface area contributed by atoms with Gasteiger partial charge < -0.3 is 20.3 Å². The summed E-state index contributed by atoms with van der Waals surface area (Å²) in [6.07, 6.45) is 2.25. The molecule has 1 unspecified atom stereocenters. The smallest absolute Gasteiger partial charge is 0.410 e. The third-order valence-electron chi connectivity index (χ3n) is 3.86. The number of amides is 1. The lowest BCUT2D eigenvalue weighted by molar-refractivity contribution is 0.0264. The van der Waals surface area contributed by atoms with Gasteiger partial charge in [0.2, 0.25) is 0 Å². The van der Waals surface area contributed by atoms with E-state index in [9.17, 15) is 4.79 Å². The van der Waals surface area contributed by atoms with Crippen molar-refractivity contribution in [3.05, 3.63) is 0 Å². The Morgan fingerprint density at radius 3 is 2.58 bits per heavy atom. The number of carbonyl (C=O) groups excluding carboxylic acids is 1. The molecule has 1 aliphatic rings. The number of nitrogens with zero attached hydrogens (tertiary/aromatic N) is 2. The highest BCUT2D eigenvalue weighted by molar-refractivity contribution is 8.00. The number of likely N-dealkylation sites (N-methyl/N-ethyl adjacent to an activating group) is 1. The summed E-state index contributed by atoms with van der Waals surface area (Å²) in [6, 6.07) is 0. The van der Waals surface area contributed by atoms with E-state index in [2.05, 4.69) is 22.5 Å². The average Bonchev–Trinajstić information content (AvgIpc) is 2.92. The van der Waals surface area contributed by atoms with Gasteiger partial charge in [-0.3, -0.25) is 4.99 Å². The molecule has 7 heteroatoms. The van der Waals surface area contributed by atoms with Gasteiger partial charge in [-0.25, -0.2) is 4.79 Å². The summed E-state index contributed by atoms with van der Waals surface area (Å²) in [5.41, 5.74) is -0.468. The molecule has 6 nitrogen and oxygen atoms in total. The zero-order valence-electron chi connectivity index (χ0n) is 16.1. The van der Waals surface area contributed by atoms with Gasteiger partial charge in [-0.2, -0.15) is 11.8 Å². The Bertz CT molecular complexity index is 429. The van der Waals surface area contributed by atoms with Crippen molar-refractivity contribution in [2.24, 2.45) is 4.99 Å². The van der Waals surface area contributed by atoms with Gasteiger partial charge in [-0.05, 0) is 53.2 Å². The van der Waals surface area contributed by atoms with Gasteiger partial charge in [0, 0.05) is 38.0 Å². The van der Waals surface area contributed by atoms with Gasteiger partial charge in [0.1, 0.15) is 5.60 Å². The molecule has 1 amide bonds. The number of nitrogens with one attached hydrogen (secondary N) is 2. The van der Waals surface area contributed by atoms with Crippen LogP contribution in [0.5, 0.6) is 0 Å². The number of ether oxygens (including phenoxy) is 1. The molecule has 2 N–H and O–H groups in total. The number of thioether (sulfide) groups is 1. The lowest BCUT2D eigenvalue weighted by Gasteiger charge is -2.27. The second-order valence-electron chi connectivity index (χ2n) is 7.31. The molecule has 24 heavy (non-hydrogen) atoms. The quantitative estimate of drug-likeness (QED) is 0.564. The molecule has 0 spiro atoms. The number of carbonyl (C=O) groups is 1. The van der Waals surface area contributed by atoms with Crippen LogP contribution < -0.4 is 10.6 Å². The minimum atomic E-state index is -0.468. The van der Waals surface area contributed by atoms with E-state index in [1.165, 1.54) is 18.6 Å². The zero-order chi connectivity index (χ0) is 18.2. The average molecular weight is 359 g/mol. The van der Waals surface area contributed by atoms with Crippen LogP contribution in [0.3, 0.4) is 0 Å². The highest BCUT2D eigenvalue weighted by Gasteiger charge is 2.29. The van der Waals surface area contributed by atoms with Crippen molar-refractivity contribution >= 4 is 23.8 Å². The van der Waals surface area contributed by atoms with Crippen molar-refractivity contribution in [1.29, 1.82) is 0 Å². The molecule has 1 heterocycles. The van der Waals surface area contributed by atoms with Gasteiger partial charge in [-0.1, -0.05) is 0 Å². The summed E-state index contributed by atoms with van der Waals surface area (Å²) in [6.45, 7) is 12.6.